The molecule has 1 aliphatic heterocycles. The molecule has 6 unspecified atom stereocenters. The van der Waals surface area contributed by atoms with Crippen LogP contribution in [-0.2, 0) is 31.6 Å². The van der Waals surface area contributed by atoms with Gasteiger partial charge in [0.1, 0.15) is 16.8 Å². The lowest BCUT2D eigenvalue weighted by molar-refractivity contribution is -0.0530. The van der Waals surface area contributed by atoms with Crippen LogP contribution in [0.3, 0.4) is 0 Å². The molecule has 20 heteroatoms. The molecule has 0 radical (unpaired) electrons. The summed E-state index contributed by atoms with van der Waals surface area (Å²) in [6.45, 7) is -1.13. The molecule has 0 aliphatic carbocycles. The van der Waals surface area contributed by atoms with E-state index in [9.17, 15) is 32.9 Å². The first-order chi connectivity index (χ1) is 13.1. The Morgan fingerprint density at radius 2 is 1.83 bits per heavy atom. The molecule has 166 valence electrons. The third-order valence-electron chi connectivity index (χ3n) is 3.23. The van der Waals surface area contributed by atoms with E-state index in [2.05, 4.69) is 18.1 Å². The van der Waals surface area contributed by atoms with Crippen molar-refractivity contribution in [2.75, 3.05) is 6.61 Å². The largest absolute Gasteiger partial charge is 0.490 e. The van der Waals surface area contributed by atoms with Gasteiger partial charge >= 0.3 is 29.2 Å². The van der Waals surface area contributed by atoms with Gasteiger partial charge in [-0.3, -0.25) is 14.1 Å². The highest BCUT2D eigenvalue weighted by Gasteiger charge is 2.47. The smallest absolute Gasteiger partial charge is 0.385 e. The van der Waals surface area contributed by atoms with Crippen molar-refractivity contribution in [3.05, 3.63) is 27.4 Å². The Morgan fingerprint density at radius 3 is 2.38 bits per heavy atom. The summed E-state index contributed by atoms with van der Waals surface area (Å²) in [4.78, 5) is 49.3. The Hall–Kier alpha value is -0.640. The van der Waals surface area contributed by atoms with Crippen molar-refractivity contribution >= 4 is 35.7 Å². The molecular weight excluding hydrogens is 488 g/mol. The molecular formula is C9H14FN2O13P3S. The molecule has 0 amide bonds. The number of H-pyrrole nitrogens is 1. The summed E-state index contributed by atoms with van der Waals surface area (Å²) >= 11 is 4.73. The van der Waals surface area contributed by atoms with Crippen molar-refractivity contribution in [3.8, 4) is 0 Å². The van der Waals surface area contributed by atoms with E-state index in [0.29, 0.717) is 0 Å². The lowest BCUT2D eigenvalue weighted by Crippen LogP contribution is -2.34. The number of hydrogen-bond acceptors (Lipinski definition) is 10. The summed E-state index contributed by atoms with van der Waals surface area (Å²) in [5.74, 6) is 0. The summed E-state index contributed by atoms with van der Waals surface area (Å²) < 4.78 is 64.7. The normalized spacial score (nSPS) is 29.3. The molecule has 1 aliphatic rings. The third-order valence-corrected chi connectivity index (χ3v) is 7.27. The van der Waals surface area contributed by atoms with Crippen LogP contribution in [0.25, 0.3) is 0 Å². The van der Waals surface area contributed by atoms with Gasteiger partial charge in [-0.2, -0.15) is 8.62 Å². The van der Waals surface area contributed by atoms with Crippen LogP contribution in [0.15, 0.2) is 17.1 Å². The molecule has 1 saturated heterocycles. The van der Waals surface area contributed by atoms with Gasteiger partial charge in [0, 0.05) is 6.20 Å². The second-order valence-corrected chi connectivity index (χ2v) is 10.3. The Balaban J connectivity index is 2.06. The first-order valence-corrected chi connectivity index (χ1v) is 12.1. The minimum Gasteiger partial charge on any atom is -0.385 e. The number of alkyl halides is 1. The Labute approximate surface area is 165 Å². The van der Waals surface area contributed by atoms with Crippen molar-refractivity contribution < 1.29 is 60.6 Å². The van der Waals surface area contributed by atoms with Gasteiger partial charge in [-0.1, -0.05) is 12.2 Å². The summed E-state index contributed by atoms with van der Waals surface area (Å²) in [5, 5.41) is 9.91. The van der Waals surface area contributed by atoms with Gasteiger partial charge < -0.3 is 29.4 Å². The van der Waals surface area contributed by atoms with Crippen molar-refractivity contribution in [1.29, 1.82) is 0 Å². The molecule has 15 nitrogen and oxygen atoms in total. The second-order valence-electron chi connectivity index (χ2n) is 5.40. The average molecular weight is 502 g/mol. The number of aromatic nitrogens is 2. The zero-order valence-electron chi connectivity index (χ0n) is 13.7. The predicted molar refractivity (Wildman–Crippen MR) is 90.5 cm³/mol. The standard InChI is InChI=1S/C9H14FN2O13P3S/c10-6-4(3-22-27(18,19)25-28(20,21)24-26(15,16)17)23-8(7(6)13)12-2-1-5(29)11-9(12)14/h1-2,4,6-8,13H,3H2,(H,18,19)(H,20,21)(H,11,14,29)(H2,15,16,17). The number of phosphoric ester groups is 1. The van der Waals surface area contributed by atoms with E-state index in [1.165, 1.54) is 6.07 Å². The van der Waals surface area contributed by atoms with E-state index in [4.69, 9.17) is 31.6 Å². The van der Waals surface area contributed by atoms with E-state index < -0.39 is 60.4 Å². The maximum atomic E-state index is 14.2. The Morgan fingerprint density at radius 1 is 1.21 bits per heavy atom. The van der Waals surface area contributed by atoms with Crippen molar-refractivity contribution in [3.63, 3.8) is 0 Å². The van der Waals surface area contributed by atoms with Crippen molar-refractivity contribution in [1.82, 2.24) is 9.55 Å². The van der Waals surface area contributed by atoms with E-state index in [1.807, 2.05) is 0 Å². The van der Waals surface area contributed by atoms with Crippen molar-refractivity contribution in [2.24, 2.45) is 0 Å². The van der Waals surface area contributed by atoms with Gasteiger partial charge in [-0.25, -0.2) is 22.9 Å². The van der Waals surface area contributed by atoms with Crippen LogP contribution in [0.1, 0.15) is 6.23 Å². The zero-order chi connectivity index (χ0) is 22.2. The number of halogens is 1. The molecule has 6 N–H and O–H groups in total. The summed E-state index contributed by atoms with van der Waals surface area (Å²) in [7, 11) is -16.8. The topological polar surface area (TPSA) is 227 Å². The molecule has 2 heterocycles. The number of nitrogens with zero attached hydrogens (tertiary/aromatic N) is 1. The third kappa shape index (κ3) is 6.94. The molecule has 0 bridgehead atoms. The van der Waals surface area contributed by atoms with E-state index >= 15 is 0 Å². The molecule has 1 aromatic rings. The van der Waals surface area contributed by atoms with Gasteiger partial charge in [0.25, 0.3) is 0 Å². The highest BCUT2D eigenvalue weighted by atomic mass is 32.1. The summed E-state index contributed by atoms with van der Waals surface area (Å²) in [6, 6.07) is 1.25. The van der Waals surface area contributed by atoms with Crippen LogP contribution in [0, 0.1) is 4.64 Å². The predicted octanol–water partition coefficient (Wildman–Crippen LogP) is -0.154. The van der Waals surface area contributed by atoms with Crippen LogP contribution in [-0.4, -0.2) is 59.2 Å². The number of hydrogen-bond donors (Lipinski definition) is 6. The van der Waals surface area contributed by atoms with Crippen LogP contribution in [0.2, 0.25) is 0 Å². The monoisotopic (exact) mass is 502 g/mol. The fraction of sp³-hybridized carbons (Fsp3) is 0.556. The fourth-order valence-corrected chi connectivity index (χ4v) is 5.35. The van der Waals surface area contributed by atoms with Gasteiger partial charge in [0.15, 0.2) is 12.4 Å². The Bertz CT molecular complexity index is 1010. The zero-order valence-corrected chi connectivity index (χ0v) is 17.2. The number of phosphoric acid groups is 3. The highest BCUT2D eigenvalue weighted by molar-refractivity contribution is 7.71. The lowest BCUT2D eigenvalue weighted by Gasteiger charge is -2.18. The van der Waals surface area contributed by atoms with Gasteiger partial charge in [0.2, 0.25) is 0 Å². The first-order valence-electron chi connectivity index (χ1n) is 7.18. The number of aliphatic hydroxyl groups excluding tert-OH is 1. The average Bonchev–Trinajstić information content (AvgIpc) is 2.78. The number of aromatic amines is 1. The number of rotatable bonds is 8. The summed E-state index contributed by atoms with van der Waals surface area (Å²) in [5.41, 5.74) is -0.845. The first kappa shape index (κ1) is 24.6. The molecule has 2 rings (SSSR count). The fourth-order valence-electron chi connectivity index (χ4n) is 2.17. The minimum absolute atomic E-state index is 0.0553. The number of aliphatic hydroxyl groups is 1. The Kier molecular flexibility index (Phi) is 7.51. The van der Waals surface area contributed by atoms with Gasteiger partial charge in [0.05, 0.1) is 6.61 Å². The maximum Gasteiger partial charge on any atom is 0.490 e. The second kappa shape index (κ2) is 8.85. The van der Waals surface area contributed by atoms with Crippen LogP contribution < -0.4 is 5.69 Å². The lowest BCUT2D eigenvalue weighted by atomic mass is 10.1. The van der Waals surface area contributed by atoms with Gasteiger partial charge in [-0.05, 0) is 6.07 Å². The SMILES string of the molecule is O=c1[nH]c(=S)ccn1C1OC(COP(=O)(O)OP(=O)(O)OP(=O)(O)O)C(F)C1O. The van der Waals surface area contributed by atoms with E-state index in [-0.39, 0.29) is 4.64 Å². The van der Waals surface area contributed by atoms with E-state index in [0.717, 1.165) is 10.8 Å². The molecule has 1 aromatic heterocycles. The maximum absolute atomic E-state index is 14.2. The molecule has 6 atom stereocenters. The molecule has 1 fully saturated rings. The molecule has 0 spiro atoms. The van der Waals surface area contributed by atoms with Crippen LogP contribution in [0.5, 0.6) is 0 Å². The van der Waals surface area contributed by atoms with E-state index in [1.54, 1.807) is 0 Å². The molecule has 29 heavy (non-hydrogen) atoms. The number of nitrogens with one attached hydrogen (secondary N) is 1. The van der Waals surface area contributed by atoms with Crippen LogP contribution in [0.4, 0.5) is 4.39 Å². The van der Waals surface area contributed by atoms with Crippen molar-refractivity contribution in [2.45, 2.75) is 24.6 Å². The number of ether oxygens (including phenoxy) is 1. The quantitative estimate of drug-likeness (QED) is 0.201. The highest BCUT2D eigenvalue weighted by Crippen LogP contribution is 2.66. The summed E-state index contributed by atoms with van der Waals surface area (Å²) in [6.07, 6.45) is -6.35. The van der Waals surface area contributed by atoms with Crippen LogP contribution >= 0.6 is 35.7 Å². The van der Waals surface area contributed by atoms with Gasteiger partial charge in [-0.15, -0.1) is 0 Å². The minimum atomic E-state index is -5.74. The molecule has 0 saturated carbocycles. The molecule has 0 aromatic carbocycles.